The van der Waals surface area contributed by atoms with Crippen molar-refractivity contribution in [1.82, 2.24) is 15.6 Å². The van der Waals surface area contributed by atoms with Crippen LogP contribution in [-0.2, 0) is 20.9 Å². The fourth-order valence-corrected chi connectivity index (χ4v) is 2.32. The summed E-state index contributed by atoms with van der Waals surface area (Å²) in [5.41, 5.74) is 2.90. The Morgan fingerprint density at radius 1 is 1.14 bits per heavy atom. The van der Waals surface area contributed by atoms with Gasteiger partial charge in [0.25, 0.3) is 5.91 Å². The maximum Gasteiger partial charge on any atom is 0.329 e. The van der Waals surface area contributed by atoms with Gasteiger partial charge in [0, 0.05) is 13.1 Å². The van der Waals surface area contributed by atoms with Crippen molar-refractivity contribution in [1.29, 1.82) is 0 Å². The molecule has 9 heteroatoms. The van der Waals surface area contributed by atoms with E-state index in [4.69, 9.17) is 9.15 Å². The first-order valence-electron chi connectivity index (χ1n) is 9.17. The summed E-state index contributed by atoms with van der Waals surface area (Å²) in [6.07, 6.45) is 2.95. The Hall–Kier alpha value is -3.62. The molecule has 0 aliphatic carbocycles. The molecule has 154 valence electrons. The molecule has 0 fully saturated rings. The van der Waals surface area contributed by atoms with Crippen LogP contribution in [0, 0.1) is 0 Å². The van der Waals surface area contributed by atoms with Gasteiger partial charge >= 0.3 is 11.8 Å². The van der Waals surface area contributed by atoms with Crippen LogP contribution in [0.3, 0.4) is 0 Å². The van der Waals surface area contributed by atoms with Gasteiger partial charge in [0.2, 0.25) is 0 Å². The molecule has 0 saturated heterocycles. The topological polar surface area (TPSA) is 113 Å². The van der Waals surface area contributed by atoms with Crippen molar-refractivity contribution < 1.29 is 23.5 Å². The molecule has 0 radical (unpaired) electrons. The van der Waals surface area contributed by atoms with Crippen molar-refractivity contribution in [3.8, 4) is 5.75 Å². The van der Waals surface area contributed by atoms with E-state index in [0.717, 1.165) is 0 Å². The average molecular weight is 400 g/mol. The fourth-order valence-electron chi connectivity index (χ4n) is 2.32. The molecule has 2 aromatic rings. The Bertz CT molecular complexity index is 827. The molecule has 0 saturated carbocycles. The van der Waals surface area contributed by atoms with Gasteiger partial charge in [-0.2, -0.15) is 5.10 Å². The number of ether oxygens (including phenoxy) is 1. The number of nitrogens with zero attached hydrogens (tertiary/aromatic N) is 2. The highest BCUT2D eigenvalue weighted by atomic mass is 16.5. The Kier molecular flexibility index (Phi) is 8.43. The number of hydrogen-bond donors (Lipinski definition) is 2. The lowest BCUT2D eigenvalue weighted by molar-refractivity contribution is -0.145. The third kappa shape index (κ3) is 7.13. The van der Waals surface area contributed by atoms with Crippen LogP contribution >= 0.6 is 0 Å². The SMILES string of the molecule is CCN(CC)C(=O)C(=O)N/N=C\c1ccc(OCC(=O)NCc2ccco2)cc1. The second-order valence-electron chi connectivity index (χ2n) is 5.89. The summed E-state index contributed by atoms with van der Waals surface area (Å²) in [5.74, 6) is -0.511. The molecule has 9 nitrogen and oxygen atoms in total. The number of hydrogen-bond acceptors (Lipinski definition) is 6. The summed E-state index contributed by atoms with van der Waals surface area (Å²) in [6, 6.07) is 10.3. The predicted molar refractivity (Wildman–Crippen MR) is 106 cm³/mol. The highest BCUT2D eigenvalue weighted by Crippen LogP contribution is 2.11. The van der Waals surface area contributed by atoms with Gasteiger partial charge in [0.05, 0.1) is 19.0 Å². The minimum Gasteiger partial charge on any atom is -0.484 e. The molecular formula is C20H24N4O5. The fraction of sp³-hybridized carbons (Fsp3) is 0.300. The molecule has 0 atom stereocenters. The first kappa shape index (κ1) is 21.7. The Labute approximate surface area is 168 Å². The van der Waals surface area contributed by atoms with Gasteiger partial charge in [-0.3, -0.25) is 14.4 Å². The summed E-state index contributed by atoms with van der Waals surface area (Å²) in [5, 5.41) is 6.46. The summed E-state index contributed by atoms with van der Waals surface area (Å²) < 4.78 is 10.5. The van der Waals surface area contributed by atoms with Crippen LogP contribution in [0.4, 0.5) is 0 Å². The van der Waals surface area contributed by atoms with Crippen molar-refractivity contribution in [3.63, 3.8) is 0 Å². The molecule has 0 spiro atoms. The van der Waals surface area contributed by atoms with E-state index >= 15 is 0 Å². The third-order valence-corrected chi connectivity index (χ3v) is 3.91. The van der Waals surface area contributed by atoms with Gasteiger partial charge in [-0.05, 0) is 55.8 Å². The summed E-state index contributed by atoms with van der Waals surface area (Å²) in [4.78, 5) is 36.7. The molecular weight excluding hydrogens is 376 g/mol. The highest BCUT2D eigenvalue weighted by molar-refractivity contribution is 6.34. The van der Waals surface area contributed by atoms with Crippen LogP contribution in [0.2, 0.25) is 0 Å². The Balaban J connectivity index is 1.74. The van der Waals surface area contributed by atoms with Gasteiger partial charge in [0.1, 0.15) is 11.5 Å². The minimum atomic E-state index is -0.787. The zero-order chi connectivity index (χ0) is 21.1. The number of likely N-dealkylation sites (N-methyl/N-ethyl adjacent to an activating group) is 1. The van der Waals surface area contributed by atoms with E-state index in [9.17, 15) is 14.4 Å². The van der Waals surface area contributed by atoms with Gasteiger partial charge in [0.15, 0.2) is 6.61 Å². The lowest BCUT2D eigenvalue weighted by Crippen LogP contribution is -2.41. The number of benzene rings is 1. The van der Waals surface area contributed by atoms with E-state index < -0.39 is 11.8 Å². The van der Waals surface area contributed by atoms with E-state index in [1.807, 2.05) is 0 Å². The number of hydrazone groups is 1. The van der Waals surface area contributed by atoms with Gasteiger partial charge in [-0.25, -0.2) is 5.43 Å². The largest absolute Gasteiger partial charge is 0.484 e. The zero-order valence-corrected chi connectivity index (χ0v) is 16.4. The van der Waals surface area contributed by atoms with Crippen LogP contribution in [0.5, 0.6) is 5.75 Å². The number of carbonyl (C=O) groups excluding carboxylic acids is 3. The molecule has 0 unspecified atom stereocenters. The van der Waals surface area contributed by atoms with E-state index in [1.165, 1.54) is 17.4 Å². The lowest BCUT2D eigenvalue weighted by Gasteiger charge is -2.16. The molecule has 0 bridgehead atoms. The summed E-state index contributed by atoms with van der Waals surface area (Å²) >= 11 is 0. The molecule has 29 heavy (non-hydrogen) atoms. The Morgan fingerprint density at radius 2 is 1.86 bits per heavy atom. The number of rotatable bonds is 9. The molecule has 2 rings (SSSR count). The molecule has 2 N–H and O–H groups in total. The van der Waals surface area contributed by atoms with Crippen LogP contribution < -0.4 is 15.5 Å². The van der Waals surface area contributed by atoms with Crippen LogP contribution in [0.15, 0.2) is 52.2 Å². The van der Waals surface area contributed by atoms with E-state index in [-0.39, 0.29) is 12.5 Å². The number of amides is 3. The second-order valence-corrected chi connectivity index (χ2v) is 5.89. The monoisotopic (exact) mass is 400 g/mol. The molecule has 1 aromatic carbocycles. The normalized spacial score (nSPS) is 10.6. The average Bonchev–Trinajstić information content (AvgIpc) is 3.26. The van der Waals surface area contributed by atoms with E-state index in [1.54, 1.807) is 50.2 Å². The van der Waals surface area contributed by atoms with Crippen molar-refractivity contribution in [3.05, 3.63) is 54.0 Å². The Morgan fingerprint density at radius 3 is 2.48 bits per heavy atom. The zero-order valence-electron chi connectivity index (χ0n) is 16.4. The number of nitrogens with one attached hydrogen (secondary N) is 2. The standard InChI is InChI=1S/C20H24N4O5/c1-3-24(4-2)20(27)19(26)23-22-12-15-7-9-16(10-8-15)29-14-18(25)21-13-17-6-5-11-28-17/h5-12H,3-4,13-14H2,1-2H3,(H,21,25)(H,23,26)/b22-12-. The summed E-state index contributed by atoms with van der Waals surface area (Å²) in [7, 11) is 0. The minimum absolute atomic E-state index is 0.127. The molecule has 1 aromatic heterocycles. The second kappa shape index (κ2) is 11.3. The van der Waals surface area contributed by atoms with Crippen LogP contribution in [0.1, 0.15) is 25.2 Å². The molecule has 0 aliphatic rings. The smallest absolute Gasteiger partial charge is 0.329 e. The van der Waals surface area contributed by atoms with Crippen LogP contribution in [-0.4, -0.2) is 48.5 Å². The maximum atomic E-state index is 11.8. The quantitative estimate of drug-likeness (QED) is 0.374. The predicted octanol–water partition coefficient (Wildman–Crippen LogP) is 1.29. The first-order valence-corrected chi connectivity index (χ1v) is 9.17. The molecule has 3 amide bonds. The molecule has 1 heterocycles. The van der Waals surface area contributed by atoms with Gasteiger partial charge in [-0.1, -0.05) is 0 Å². The first-order chi connectivity index (χ1) is 14.0. The van der Waals surface area contributed by atoms with Gasteiger partial charge < -0.3 is 19.4 Å². The van der Waals surface area contributed by atoms with Crippen molar-refractivity contribution >= 4 is 23.9 Å². The van der Waals surface area contributed by atoms with Crippen molar-refractivity contribution in [2.45, 2.75) is 20.4 Å². The summed E-state index contributed by atoms with van der Waals surface area (Å²) in [6.45, 7) is 4.67. The van der Waals surface area contributed by atoms with Gasteiger partial charge in [-0.15, -0.1) is 0 Å². The lowest BCUT2D eigenvalue weighted by atomic mass is 10.2. The van der Waals surface area contributed by atoms with E-state index in [2.05, 4.69) is 15.8 Å². The maximum absolute atomic E-state index is 11.8. The number of furan rings is 1. The number of carbonyl (C=O) groups is 3. The van der Waals surface area contributed by atoms with Crippen molar-refractivity contribution in [2.24, 2.45) is 5.10 Å². The molecule has 0 aliphatic heterocycles. The van der Waals surface area contributed by atoms with Crippen molar-refractivity contribution in [2.75, 3.05) is 19.7 Å². The highest BCUT2D eigenvalue weighted by Gasteiger charge is 2.18. The third-order valence-electron chi connectivity index (χ3n) is 3.91. The van der Waals surface area contributed by atoms with Crippen LogP contribution in [0.25, 0.3) is 0 Å². The van der Waals surface area contributed by atoms with E-state index in [0.29, 0.717) is 36.7 Å².